The number of hydrogen-bond donors (Lipinski definition) is 0. The van der Waals surface area contributed by atoms with Crippen molar-refractivity contribution >= 4 is 17.0 Å². The van der Waals surface area contributed by atoms with E-state index in [1.54, 1.807) is 0 Å². The smallest absolute Gasteiger partial charge is 0.339 e. The molecular weight excluding hydrogens is 202 g/mol. The minimum atomic E-state index is 0.248. The third-order valence-electron chi connectivity index (χ3n) is 2.91. The lowest BCUT2D eigenvalue weighted by Crippen LogP contribution is -2.31. The van der Waals surface area contributed by atoms with Crippen molar-refractivity contribution in [1.29, 1.82) is 0 Å². The van der Waals surface area contributed by atoms with Crippen LogP contribution in [-0.4, -0.2) is 22.3 Å². The standard InChI is InChI=1S/C12H11N3O/c1-13-12-14-10-4-2-3-5-11(10)15(12)8-9-6-7-16-9/h2-5,9H,6-8H2. The molecule has 80 valence electrons. The summed E-state index contributed by atoms with van der Waals surface area (Å²) in [5.74, 6) is 0.455. The second kappa shape index (κ2) is 3.62. The van der Waals surface area contributed by atoms with Crippen molar-refractivity contribution in [2.75, 3.05) is 6.61 Å². The molecule has 1 fully saturated rings. The van der Waals surface area contributed by atoms with Gasteiger partial charge >= 0.3 is 5.95 Å². The maximum Gasteiger partial charge on any atom is 0.339 e. The first-order valence-corrected chi connectivity index (χ1v) is 5.33. The van der Waals surface area contributed by atoms with E-state index < -0.39 is 0 Å². The topological polar surface area (TPSA) is 31.4 Å². The van der Waals surface area contributed by atoms with Gasteiger partial charge in [0.1, 0.15) is 5.52 Å². The van der Waals surface area contributed by atoms with Crippen molar-refractivity contribution in [2.45, 2.75) is 19.1 Å². The summed E-state index contributed by atoms with van der Waals surface area (Å²) in [4.78, 5) is 7.76. The minimum Gasteiger partial charge on any atom is -0.396 e. The van der Waals surface area contributed by atoms with Crippen molar-refractivity contribution in [3.63, 3.8) is 0 Å². The van der Waals surface area contributed by atoms with Crippen LogP contribution in [0.25, 0.3) is 15.9 Å². The van der Waals surface area contributed by atoms with Gasteiger partial charge in [0.15, 0.2) is 5.52 Å². The van der Waals surface area contributed by atoms with Crippen molar-refractivity contribution in [2.24, 2.45) is 0 Å². The highest BCUT2D eigenvalue weighted by atomic mass is 16.5. The van der Waals surface area contributed by atoms with E-state index in [1.807, 2.05) is 28.8 Å². The van der Waals surface area contributed by atoms with Crippen LogP contribution in [0.4, 0.5) is 5.95 Å². The van der Waals surface area contributed by atoms with Gasteiger partial charge in [0, 0.05) is 13.0 Å². The molecule has 0 amide bonds. The Bertz CT molecular complexity index is 563. The van der Waals surface area contributed by atoms with E-state index in [4.69, 9.17) is 11.3 Å². The average Bonchev–Trinajstić information content (AvgIpc) is 2.61. The number of nitrogens with zero attached hydrogens (tertiary/aromatic N) is 3. The van der Waals surface area contributed by atoms with Crippen molar-refractivity contribution < 1.29 is 4.74 Å². The fourth-order valence-corrected chi connectivity index (χ4v) is 1.96. The van der Waals surface area contributed by atoms with E-state index in [-0.39, 0.29) is 6.10 Å². The molecule has 4 heteroatoms. The van der Waals surface area contributed by atoms with Gasteiger partial charge in [-0.25, -0.2) is 0 Å². The van der Waals surface area contributed by atoms with Crippen LogP contribution in [-0.2, 0) is 11.3 Å². The second-order valence-electron chi connectivity index (χ2n) is 3.90. The van der Waals surface area contributed by atoms with Crippen molar-refractivity contribution in [3.8, 4) is 0 Å². The number of imidazole rings is 1. The molecule has 1 atom stereocenters. The summed E-state index contributed by atoms with van der Waals surface area (Å²) in [5, 5.41) is 0. The van der Waals surface area contributed by atoms with Crippen LogP contribution in [0.2, 0.25) is 0 Å². The molecule has 0 bridgehead atoms. The zero-order valence-corrected chi connectivity index (χ0v) is 8.76. The van der Waals surface area contributed by atoms with Crippen molar-refractivity contribution in [3.05, 3.63) is 35.7 Å². The van der Waals surface area contributed by atoms with Crippen LogP contribution in [0.3, 0.4) is 0 Å². The first-order valence-electron chi connectivity index (χ1n) is 5.33. The number of hydrogen-bond acceptors (Lipinski definition) is 2. The van der Waals surface area contributed by atoms with Gasteiger partial charge < -0.3 is 9.58 Å². The lowest BCUT2D eigenvalue weighted by Gasteiger charge is -2.26. The van der Waals surface area contributed by atoms with Gasteiger partial charge in [-0.2, -0.15) is 0 Å². The zero-order valence-electron chi connectivity index (χ0n) is 8.76. The van der Waals surface area contributed by atoms with E-state index in [0.29, 0.717) is 5.95 Å². The van der Waals surface area contributed by atoms with Gasteiger partial charge in [0.05, 0.1) is 12.6 Å². The van der Waals surface area contributed by atoms with Gasteiger partial charge in [0.25, 0.3) is 0 Å². The Labute approximate surface area is 93.3 Å². The van der Waals surface area contributed by atoms with E-state index in [0.717, 1.165) is 30.6 Å². The van der Waals surface area contributed by atoms with Crippen LogP contribution >= 0.6 is 0 Å². The monoisotopic (exact) mass is 213 g/mol. The predicted molar refractivity (Wildman–Crippen MR) is 60.4 cm³/mol. The average molecular weight is 213 g/mol. The van der Waals surface area contributed by atoms with E-state index in [2.05, 4.69) is 9.83 Å². The molecule has 4 nitrogen and oxygen atoms in total. The summed E-state index contributed by atoms with van der Waals surface area (Å²) in [5.41, 5.74) is 1.90. The summed E-state index contributed by atoms with van der Waals surface area (Å²) in [6.07, 6.45) is 1.32. The molecule has 1 saturated heterocycles. The highest BCUT2D eigenvalue weighted by Gasteiger charge is 2.23. The first kappa shape index (κ1) is 9.37. The van der Waals surface area contributed by atoms with Crippen molar-refractivity contribution in [1.82, 2.24) is 9.55 Å². The van der Waals surface area contributed by atoms with Crippen LogP contribution in [0.15, 0.2) is 24.3 Å². The van der Waals surface area contributed by atoms with Crippen LogP contribution in [0.5, 0.6) is 0 Å². The summed E-state index contributed by atoms with van der Waals surface area (Å²) in [7, 11) is 0. The maximum atomic E-state index is 7.14. The normalized spacial score (nSPS) is 19.3. The molecule has 2 aromatic rings. The number of fused-ring (bicyclic) bond motifs is 1. The number of rotatable bonds is 2. The quantitative estimate of drug-likeness (QED) is 0.717. The molecule has 1 unspecified atom stereocenters. The number of benzene rings is 1. The molecule has 0 spiro atoms. The number of aromatic nitrogens is 2. The summed E-state index contributed by atoms with van der Waals surface area (Å²) in [6.45, 7) is 8.71. The van der Waals surface area contributed by atoms with E-state index in [1.165, 1.54) is 0 Å². The molecule has 1 aromatic carbocycles. The molecule has 1 aromatic heterocycles. The third kappa shape index (κ3) is 1.37. The highest BCUT2D eigenvalue weighted by molar-refractivity contribution is 5.78. The maximum absolute atomic E-state index is 7.14. The molecule has 0 radical (unpaired) electrons. The Hall–Kier alpha value is -1.86. The molecule has 1 aliphatic heterocycles. The Morgan fingerprint density at radius 2 is 2.31 bits per heavy atom. The van der Waals surface area contributed by atoms with Crippen LogP contribution in [0, 0.1) is 6.57 Å². The number of ether oxygens (including phenoxy) is 1. The summed E-state index contributed by atoms with van der Waals surface area (Å²) in [6, 6.07) is 7.83. The Morgan fingerprint density at radius 1 is 1.50 bits per heavy atom. The highest BCUT2D eigenvalue weighted by Crippen LogP contribution is 2.24. The molecule has 3 rings (SSSR count). The molecule has 1 aliphatic rings. The predicted octanol–water partition coefficient (Wildman–Crippen LogP) is 2.38. The SMILES string of the molecule is [C-]#[N+]c1nc2ccccc2n1CC1CCO1. The molecule has 0 aliphatic carbocycles. The molecular formula is C12H11N3O. The zero-order chi connectivity index (χ0) is 11.0. The lowest BCUT2D eigenvalue weighted by molar-refractivity contribution is -0.0583. The van der Waals surface area contributed by atoms with E-state index >= 15 is 0 Å². The number of para-hydroxylation sites is 2. The first-order chi connectivity index (χ1) is 7.88. The summed E-state index contributed by atoms with van der Waals surface area (Å²) >= 11 is 0. The molecule has 2 heterocycles. The van der Waals surface area contributed by atoms with Gasteiger partial charge in [-0.15, -0.1) is 11.6 Å². The Balaban J connectivity index is 2.08. The summed E-state index contributed by atoms with van der Waals surface area (Å²) < 4.78 is 7.35. The Morgan fingerprint density at radius 3 is 3.00 bits per heavy atom. The largest absolute Gasteiger partial charge is 0.396 e. The van der Waals surface area contributed by atoms with Gasteiger partial charge in [-0.05, 0) is 12.1 Å². The van der Waals surface area contributed by atoms with Gasteiger partial charge in [-0.3, -0.25) is 4.57 Å². The minimum absolute atomic E-state index is 0.248. The van der Waals surface area contributed by atoms with E-state index in [9.17, 15) is 0 Å². The molecule has 0 N–H and O–H groups in total. The van der Waals surface area contributed by atoms with Gasteiger partial charge in [0.2, 0.25) is 0 Å². The van der Waals surface area contributed by atoms with Gasteiger partial charge in [-0.1, -0.05) is 12.1 Å². The Kier molecular flexibility index (Phi) is 2.12. The third-order valence-corrected chi connectivity index (χ3v) is 2.91. The molecule has 0 saturated carbocycles. The lowest BCUT2D eigenvalue weighted by atomic mass is 10.2. The molecule has 16 heavy (non-hydrogen) atoms. The van der Waals surface area contributed by atoms with Crippen LogP contribution < -0.4 is 0 Å². The fourth-order valence-electron chi connectivity index (χ4n) is 1.96. The second-order valence-corrected chi connectivity index (χ2v) is 3.90. The van der Waals surface area contributed by atoms with Crippen LogP contribution in [0.1, 0.15) is 6.42 Å². The fraction of sp³-hybridized carbons (Fsp3) is 0.333.